The van der Waals surface area contributed by atoms with Crippen LogP contribution in [0.25, 0.3) is 6.08 Å². The summed E-state index contributed by atoms with van der Waals surface area (Å²) >= 11 is 0. The molecule has 0 atom stereocenters. The molecule has 2 aromatic rings. The fourth-order valence-electron chi connectivity index (χ4n) is 2.44. The molecule has 0 aromatic heterocycles. The van der Waals surface area contributed by atoms with Crippen molar-refractivity contribution in [3.63, 3.8) is 0 Å². The largest absolute Gasteiger partial charge is 0.493 e. The lowest BCUT2D eigenvalue weighted by molar-refractivity contribution is 0.0827. The summed E-state index contributed by atoms with van der Waals surface area (Å²) in [6, 6.07) is 12.6. The number of nitrogens with zero attached hydrogens (tertiary/aromatic N) is 1. The minimum absolute atomic E-state index is 0.0861. The average molecular weight is 351 g/mol. The number of carbonyl (C=O) groups is 2. The van der Waals surface area contributed by atoms with Crippen LogP contribution in [0.1, 0.15) is 45.2 Å². The van der Waals surface area contributed by atoms with E-state index in [-0.39, 0.29) is 11.7 Å². The minimum Gasteiger partial charge on any atom is -0.493 e. The van der Waals surface area contributed by atoms with E-state index in [0.717, 1.165) is 23.3 Å². The van der Waals surface area contributed by atoms with Gasteiger partial charge in [0, 0.05) is 30.8 Å². The van der Waals surface area contributed by atoms with Crippen LogP contribution < -0.4 is 4.74 Å². The Kier molecular flexibility index (Phi) is 6.73. The van der Waals surface area contributed by atoms with Gasteiger partial charge < -0.3 is 9.64 Å². The molecule has 0 saturated heterocycles. The van der Waals surface area contributed by atoms with Crippen LogP contribution in [0.5, 0.6) is 5.75 Å². The zero-order valence-corrected chi connectivity index (χ0v) is 15.8. The molecular formula is C22H25NO3. The molecular weight excluding hydrogens is 326 g/mol. The highest BCUT2D eigenvalue weighted by atomic mass is 16.5. The molecule has 2 rings (SSSR count). The monoisotopic (exact) mass is 351 g/mol. The second-order valence-electron chi connectivity index (χ2n) is 6.36. The van der Waals surface area contributed by atoms with Crippen molar-refractivity contribution >= 4 is 17.8 Å². The van der Waals surface area contributed by atoms with Gasteiger partial charge in [0.25, 0.3) is 5.91 Å². The third kappa shape index (κ3) is 5.06. The molecule has 0 saturated carbocycles. The van der Waals surface area contributed by atoms with Crippen LogP contribution in [0, 0.1) is 6.92 Å². The van der Waals surface area contributed by atoms with E-state index in [1.165, 1.54) is 11.0 Å². The summed E-state index contributed by atoms with van der Waals surface area (Å²) in [6.07, 6.45) is 4.24. The lowest BCUT2D eigenvalue weighted by Crippen LogP contribution is -2.21. The summed E-state index contributed by atoms with van der Waals surface area (Å²) < 4.78 is 5.74. The molecule has 26 heavy (non-hydrogen) atoms. The highest BCUT2D eigenvalue weighted by Gasteiger charge is 2.09. The van der Waals surface area contributed by atoms with Gasteiger partial charge in [0.05, 0.1) is 6.61 Å². The predicted octanol–water partition coefficient (Wildman–Crippen LogP) is 4.38. The number of aryl methyl sites for hydroxylation is 1. The van der Waals surface area contributed by atoms with Crippen LogP contribution in [0.15, 0.2) is 48.5 Å². The van der Waals surface area contributed by atoms with Crippen molar-refractivity contribution in [1.82, 2.24) is 4.90 Å². The molecule has 0 aliphatic carbocycles. The third-order valence-electron chi connectivity index (χ3n) is 3.86. The van der Waals surface area contributed by atoms with Crippen molar-refractivity contribution in [3.05, 3.63) is 70.8 Å². The predicted molar refractivity (Wildman–Crippen MR) is 105 cm³/mol. The van der Waals surface area contributed by atoms with E-state index in [2.05, 4.69) is 6.92 Å². The molecule has 0 bridgehead atoms. The molecule has 0 fully saturated rings. The number of ketones is 1. The Morgan fingerprint density at radius 2 is 1.69 bits per heavy atom. The maximum atomic E-state index is 12.4. The number of rotatable bonds is 7. The van der Waals surface area contributed by atoms with E-state index in [9.17, 15) is 9.59 Å². The average Bonchev–Trinajstić information content (AvgIpc) is 2.64. The molecule has 0 aliphatic rings. The standard InChI is InChI=1S/C22H25NO3/c1-5-14-26-21-13-6-16(2)15-19(21)11-12-20(24)17-7-9-18(10-8-17)22(25)23(3)4/h6-13,15H,5,14H2,1-4H3. The van der Waals surface area contributed by atoms with Crippen molar-refractivity contribution in [2.75, 3.05) is 20.7 Å². The molecule has 0 unspecified atom stereocenters. The van der Waals surface area contributed by atoms with E-state index < -0.39 is 0 Å². The number of carbonyl (C=O) groups excluding carboxylic acids is 2. The molecule has 0 spiro atoms. The second-order valence-corrected chi connectivity index (χ2v) is 6.36. The third-order valence-corrected chi connectivity index (χ3v) is 3.86. The summed E-state index contributed by atoms with van der Waals surface area (Å²) in [6.45, 7) is 4.69. The van der Waals surface area contributed by atoms with Crippen LogP contribution in [0.2, 0.25) is 0 Å². The van der Waals surface area contributed by atoms with Crippen LogP contribution in [-0.2, 0) is 0 Å². The number of hydrogen-bond donors (Lipinski definition) is 0. The molecule has 0 heterocycles. The first-order chi connectivity index (χ1) is 12.4. The highest BCUT2D eigenvalue weighted by molar-refractivity contribution is 6.07. The quantitative estimate of drug-likeness (QED) is 0.549. The van der Waals surface area contributed by atoms with Crippen molar-refractivity contribution < 1.29 is 14.3 Å². The summed E-state index contributed by atoms with van der Waals surface area (Å²) in [5.41, 5.74) is 3.09. The molecule has 1 amide bonds. The Hall–Kier alpha value is -2.88. The number of amides is 1. The van der Waals surface area contributed by atoms with Gasteiger partial charge in [0.15, 0.2) is 5.78 Å². The molecule has 0 radical (unpaired) electrons. The smallest absolute Gasteiger partial charge is 0.253 e. The number of benzene rings is 2. The summed E-state index contributed by atoms with van der Waals surface area (Å²) in [7, 11) is 3.40. The van der Waals surface area contributed by atoms with Crippen molar-refractivity contribution in [1.29, 1.82) is 0 Å². The lowest BCUT2D eigenvalue weighted by atomic mass is 10.1. The zero-order valence-electron chi connectivity index (χ0n) is 15.8. The normalized spacial score (nSPS) is 10.8. The minimum atomic E-state index is -0.114. The molecule has 4 nitrogen and oxygen atoms in total. The second kappa shape index (κ2) is 8.99. The molecule has 0 N–H and O–H groups in total. The topological polar surface area (TPSA) is 46.6 Å². The number of ether oxygens (including phenoxy) is 1. The lowest BCUT2D eigenvalue weighted by Gasteiger charge is -2.10. The van der Waals surface area contributed by atoms with Crippen LogP contribution in [-0.4, -0.2) is 37.3 Å². The van der Waals surface area contributed by atoms with Gasteiger partial charge >= 0.3 is 0 Å². The Bertz CT molecular complexity index is 805. The molecule has 0 aliphatic heterocycles. The fraction of sp³-hybridized carbons (Fsp3) is 0.273. The van der Waals surface area contributed by atoms with Crippen LogP contribution >= 0.6 is 0 Å². The number of hydrogen-bond acceptors (Lipinski definition) is 3. The Labute approximate surface area is 155 Å². The molecule has 136 valence electrons. The first-order valence-electron chi connectivity index (χ1n) is 8.70. The van der Waals surface area contributed by atoms with E-state index >= 15 is 0 Å². The first-order valence-corrected chi connectivity index (χ1v) is 8.70. The van der Waals surface area contributed by atoms with Gasteiger partial charge in [0.2, 0.25) is 0 Å². The van der Waals surface area contributed by atoms with Gasteiger partial charge in [0.1, 0.15) is 5.75 Å². The van der Waals surface area contributed by atoms with E-state index in [1.807, 2.05) is 25.1 Å². The summed E-state index contributed by atoms with van der Waals surface area (Å²) in [4.78, 5) is 25.8. The molecule has 2 aromatic carbocycles. The summed E-state index contributed by atoms with van der Waals surface area (Å²) in [5, 5.41) is 0. The maximum Gasteiger partial charge on any atom is 0.253 e. The van der Waals surface area contributed by atoms with E-state index in [1.54, 1.807) is 44.4 Å². The zero-order chi connectivity index (χ0) is 19.1. The van der Waals surface area contributed by atoms with Gasteiger partial charge in [-0.05, 0) is 49.8 Å². The van der Waals surface area contributed by atoms with Gasteiger partial charge in [-0.25, -0.2) is 0 Å². The van der Waals surface area contributed by atoms with Gasteiger partial charge in [-0.3, -0.25) is 9.59 Å². The van der Waals surface area contributed by atoms with E-state index in [0.29, 0.717) is 17.7 Å². The van der Waals surface area contributed by atoms with Gasteiger partial charge in [-0.2, -0.15) is 0 Å². The van der Waals surface area contributed by atoms with Crippen LogP contribution in [0.3, 0.4) is 0 Å². The fourth-order valence-corrected chi connectivity index (χ4v) is 2.44. The van der Waals surface area contributed by atoms with Crippen molar-refractivity contribution in [2.24, 2.45) is 0 Å². The van der Waals surface area contributed by atoms with Crippen molar-refractivity contribution in [2.45, 2.75) is 20.3 Å². The van der Waals surface area contributed by atoms with Gasteiger partial charge in [-0.1, -0.05) is 30.7 Å². The number of allylic oxidation sites excluding steroid dienone is 1. The first kappa shape index (κ1) is 19.4. The van der Waals surface area contributed by atoms with Crippen molar-refractivity contribution in [3.8, 4) is 5.75 Å². The Morgan fingerprint density at radius 3 is 2.31 bits per heavy atom. The maximum absolute atomic E-state index is 12.4. The van der Waals surface area contributed by atoms with Crippen LogP contribution in [0.4, 0.5) is 0 Å². The molecule has 4 heteroatoms. The SMILES string of the molecule is CCCOc1ccc(C)cc1C=CC(=O)c1ccc(C(=O)N(C)C)cc1. The summed E-state index contributed by atoms with van der Waals surface area (Å²) in [5.74, 6) is 0.572. The Morgan fingerprint density at radius 1 is 1.04 bits per heavy atom. The Balaban J connectivity index is 2.16. The highest BCUT2D eigenvalue weighted by Crippen LogP contribution is 2.22. The van der Waals surface area contributed by atoms with E-state index in [4.69, 9.17) is 4.74 Å². The van der Waals surface area contributed by atoms with Gasteiger partial charge in [-0.15, -0.1) is 0 Å².